The molecule has 1 aromatic carbocycles. The Hall–Kier alpha value is -0.930. The maximum Gasteiger partial charge on any atom is 0.275 e. The predicted molar refractivity (Wildman–Crippen MR) is 86.0 cm³/mol. The van der Waals surface area contributed by atoms with E-state index < -0.39 is 14.9 Å². The average Bonchev–Trinajstić information content (AvgIpc) is 3.22. The van der Waals surface area contributed by atoms with E-state index in [0.29, 0.717) is 0 Å². The normalized spacial score (nSPS) is 16.0. The zero-order valence-electron chi connectivity index (χ0n) is 11.8. The molecule has 1 atom stereocenters. The lowest BCUT2D eigenvalue weighted by molar-refractivity contribution is -0.385. The molecule has 0 bridgehead atoms. The van der Waals surface area contributed by atoms with Crippen LogP contribution in [-0.4, -0.2) is 25.9 Å². The lowest BCUT2D eigenvalue weighted by Crippen LogP contribution is -2.41. The first-order chi connectivity index (χ1) is 9.76. The Balaban J connectivity index is 0.00000242. The first-order valence-electron chi connectivity index (χ1n) is 6.43. The molecule has 1 fully saturated rings. The minimum atomic E-state index is -3.89. The molecule has 10 heteroatoms. The highest BCUT2D eigenvalue weighted by Crippen LogP contribution is 2.34. The average molecular weight is 370 g/mol. The van der Waals surface area contributed by atoms with Gasteiger partial charge in [-0.25, -0.2) is 13.1 Å². The van der Waals surface area contributed by atoms with E-state index in [1.54, 1.807) is 0 Å². The number of benzene rings is 1. The molecular formula is C12H17Cl2N3O4S. The lowest BCUT2D eigenvalue weighted by Gasteiger charge is -2.16. The molecule has 0 heterocycles. The van der Waals surface area contributed by atoms with E-state index in [9.17, 15) is 18.5 Å². The predicted octanol–water partition coefficient (Wildman–Crippen LogP) is 1.99. The summed E-state index contributed by atoms with van der Waals surface area (Å²) in [5.74, 6) is 0.237. The second kappa shape index (κ2) is 7.10. The summed E-state index contributed by atoms with van der Waals surface area (Å²) in [6.45, 7) is 1.66. The Kier molecular flexibility index (Phi) is 6.17. The fourth-order valence-electron chi connectivity index (χ4n) is 2.09. The number of sulfonamides is 1. The third-order valence-corrected chi connectivity index (χ3v) is 5.41. The summed E-state index contributed by atoms with van der Waals surface area (Å²) in [4.78, 5) is 10.1. The minimum absolute atomic E-state index is 0. The van der Waals surface area contributed by atoms with Crippen LogP contribution in [0.4, 0.5) is 5.69 Å². The zero-order chi connectivity index (χ0) is 15.8. The van der Waals surface area contributed by atoms with Gasteiger partial charge in [0.25, 0.3) is 5.69 Å². The molecule has 0 aliphatic heterocycles. The number of nitro benzene ring substituents is 1. The number of halogens is 2. The molecule has 1 aromatic rings. The number of nitrogens with one attached hydrogen (secondary N) is 1. The van der Waals surface area contributed by atoms with Crippen molar-refractivity contribution < 1.29 is 13.3 Å². The van der Waals surface area contributed by atoms with Crippen LogP contribution in [0.1, 0.15) is 18.4 Å². The highest BCUT2D eigenvalue weighted by Gasteiger charge is 2.34. The Bertz CT molecular complexity index is 677. The molecule has 1 aliphatic rings. The van der Waals surface area contributed by atoms with Gasteiger partial charge in [0.1, 0.15) is 0 Å². The monoisotopic (exact) mass is 369 g/mol. The minimum Gasteiger partial charge on any atom is -0.329 e. The molecule has 0 saturated heterocycles. The van der Waals surface area contributed by atoms with E-state index in [2.05, 4.69) is 4.72 Å². The largest absolute Gasteiger partial charge is 0.329 e. The van der Waals surface area contributed by atoms with Gasteiger partial charge in [0.2, 0.25) is 10.0 Å². The summed E-state index contributed by atoms with van der Waals surface area (Å²) in [6, 6.07) is 1.88. The molecule has 22 heavy (non-hydrogen) atoms. The molecule has 1 saturated carbocycles. The van der Waals surface area contributed by atoms with Gasteiger partial charge in [-0.3, -0.25) is 10.1 Å². The SMILES string of the molecule is Cc1c(Cl)cc(S(=O)(=O)NC(CN)C2CC2)cc1[N+](=O)[O-].Cl. The Morgan fingerprint density at radius 1 is 1.50 bits per heavy atom. The number of hydrogen-bond acceptors (Lipinski definition) is 5. The van der Waals surface area contributed by atoms with Crippen molar-refractivity contribution in [2.24, 2.45) is 11.7 Å². The van der Waals surface area contributed by atoms with Crippen LogP contribution in [0, 0.1) is 23.0 Å². The van der Waals surface area contributed by atoms with E-state index in [1.165, 1.54) is 13.0 Å². The molecule has 3 N–H and O–H groups in total. The summed E-state index contributed by atoms with van der Waals surface area (Å²) in [6.07, 6.45) is 1.86. The molecule has 7 nitrogen and oxygen atoms in total. The number of rotatable bonds is 6. The van der Waals surface area contributed by atoms with Crippen molar-refractivity contribution in [1.29, 1.82) is 0 Å². The summed E-state index contributed by atoms with van der Waals surface area (Å²) >= 11 is 5.89. The zero-order valence-corrected chi connectivity index (χ0v) is 14.2. The van der Waals surface area contributed by atoms with E-state index in [4.69, 9.17) is 17.3 Å². The second-order valence-electron chi connectivity index (χ2n) is 5.11. The van der Waals surface area contributed by atoms with Crippen LogP contribution in [0.15, 0.2) is 17.0 Å². The van der Waals surface area contributed by atoms with Gasteiger partial charge in [-0.1, -0.05) is 11.6 Å². The molecule has 1 aliphatic carbocycles. The first kappa shape index (κ1) is 19.1. The van der Waals surface area contributed by atoms with Crippen LogP contribution in [0.25, 0.3) is 0 Å². The molecular weight excluding hydrogens is 353 g/mol. The molecule has 0 aromatic heterocycles. The summed E-state index contributed by atoms with van der Waals surface area (Å²) in [7, 11) is -3.89. The van der Waals surface area contributed by atoms with Crippen molar-refractivity contribution in [3.63, 3.8) is 0 Å². The molecule has 1 unspecified atom stereocenters. The standard InChI is InChI=1S/C12H16ClN3O4S.ClH/c1-7-10(13)4-9(5-12(7)16(17)18)21(19,20)15-11(6-14)8-2-3-8;/h4-5,8,11,15H,2-3,6,14H2,1H3;1H. The van der Waals surface area contributed by atoms with Gasteiger partial charge in [0.05, 0.1) is 14.8 Å². The van der Waals surface area contributed by atoms with Crippen LogP contribution < -0.4 is 10.5 Å². The van der Waals surface area contributed by atoms with Gasteiger partial charge in [0, 0.05) is 24.2 Å². The van der Waals surface area contributed by atoms with Crippen LogP contribution in [-0.2, 0) is 10.0 Å². The highest BCUT2D eigenvalue weighted by molar-refractivity contribution is 7.89. The first-order valence-corrected chi connectivity index (χ1v) is 8.29. The van der Waals surface area contributed by atoms with E-state index in [-0.39, 0.29) is 52.1 Å². The van der Waals surface area contributed by atoms with Gasteiger partial charge >= 0.3 is 0 Å². The van der Waals surface area contributed by atoms with Crippen LogP contribution in [0.2, 0.25) is 5.02 Å². The topological polar surface area (TPSA) is 115 Å². The number of nitrogens with two attached hydrogens (primary N) is 1. The van der Waals surface area contributed by atoms with Crippen molar-refractivity contribution in [2.45, 2.75) is 30.7 Å². The number of hydrogen-bond donors (Lipinski definition) is 2. The Morgan fingerprint density at radius 2 is 2.09 bits per heavy atom. The Morgan fingerprint density at radius 3 is 2.55 bits per heavy atom. The fraction of sp³-hybridized carbons (Fsp3) is 0.500. The van der Waals surface area contributed by atoms with Crippen molar-refractivity contribution in [2.75, 3.05) is 6.54 Å². The molecule has 0 radical (unpaired) electrons. The second-order valence-corrected chi connectivity index (χ2v) is 7.23. The quantitative estimate of drug-likeness (QED) is 0.587. The van der Waals surface area contributed by atoms with Gasteiger partial charge in [0.15, 0.2) is 0 Å². The van der Waals surface area contributed by atoms with Crippen LogP contribution in [0.3, 0.4) is 0 Å². The molecule has 2 rings (SSSR count). The molecule has 0 spiro atoms. The third-order valence-electron chi connectivity index (χ3n) is 3.55. The van der Waals surface area contributed by atoms with E-state index in [1.807, 2.05) is 0 Å². The van der Waals surface area contributed by atoms with E-state index in [0.717, 1.165) is 18.9 Å². The van der Waals surface area contributed by atoms with E-state index >= 15 is 0 Å². The van der Waals surface area contributed by atoms with Crippen LogP contribution >= 0.6 is 24.0 Å². The third kappa shape index (κ3) is 4.08. The number of nitrogens with zero attached hydrogens (tertiary/aromatic N) is 1. The fourth-order valence-corrected chi connectivity index (χ4v) is 3.73. The lowest BCUT2D eigenvalue weighted by atomic mass is 10.2. The Labute approximate surface area is 139 Å². The van der Waals surface area contributed by atoms with Crippen molar-refractivity contribution >= 4 is 39.7 Å². The maximum absolute atomic E-state index is 12.3. The van der Waals surface area contributed by atoms with Gasteiger partial charge < -0.3 is 5.73 Å². The molecule has 124 valence electrons. The van der Waals surface area contributed by atoms with Crippen molar-refractivity contribution in [1.82, 2.24) is 4.72 Å². The molecule has 0 amide bonds. The summed E-state index contributed by atoms with van der Waals surface area (Å²) < 4.78 is 27.1. The van der Waals surface area contributed by atoms with Crippen LogP contribution in [0.5, 0.6) is 0 Å². The maximum atomic E-state index is 12.3. The van der Waals surface area contributed by atoms with Crippen molar-refractivity contribution in [3.8, 4) is 0 Å². The van der Waals surface area contributed by atoms with Gasteiger partial charge in [-0.05, 0) is 31.7 Å². The smallest absolute Gasteiger partial charge is 0.275 e. The van der Waals surface area contributed by atoms with Gasteiger partial charge in [-0.2, -0.15) is 0 Å². The highest BCUT2D eigenvalue weighted by atomic mass is 35.5. The summed E-state index contributed by atoms with van der Waals surface area (Å²) in [5, 5.41) is 11.0. The number of nitro groups is 1. The van der Waals surface area contributed by atoms with Gasteiger partial charge in [-0.15, -0.1) is 12.4 Å². The summed E-state index contributed by atoms with van der Waals surface area (Å²) in [5.41, 5.74) is 5.48. The van der Waals surface area contributed by atoms with Crippen molar-refractivity contribution in [3.05, 3.63) is 32.8 Å².